The molecule has 0 N–H and O–H groups in total. The van der Waals surface area contributed by atoms with Gasteiger partial charge in [0.05, 0.1) is 12.1 Å². The van der Waals surface area contributed by atoms with Gasteiger partial charge in [-0.1, -0.05) is 18.2 Å². The van der Waals surface area contributed by atoms with Gasteiger partial charge in [0.2, 0.25) is 0 Å². The summed E-state index contributed by atoms with van der Waals surface area (Å²) < 4.78 is 4.98. The quantitative estimate of drug-likeness (QED) is 0.840. The normalized spacial score (nSPS) is 14.8. The van der Waals surface area contributed by atoms with Gasteiger partial charge in [-0.15, -0.1) is 0 Å². The van der Waals surface area contributed by atoms with E-state index in [1.54, 1.807) is 16.7 Å². The van der Waals surface area contributed by atoms with Crippen molar-refractivity contribution in [3.8, 4) is 0 Å². The van der Waals surface area contributed by atoms with Crippen molar-refractivity contribution in [1.29, 1.82) is 0 Å². The standard InChI is InChI=1S/C16H18N4O3/c1-2-23-16(22)20-9-7-19(8-10-20)15(21)14-12-5-3-4-6-13(12)17-11-18-14/h3-6,11H,2,7-10H2,1H3. The van der Waals surface area contributed by atoms with Gasteiger partial charge in [-0.05, 0) is 13.0 Å². The number of benzene rings is 1. The molecule has 1 aliphatic heterocycles. The lowest BCUT2D eigenvalue weighted by Crippen LogP contribution is -2.50. The van der Waals surface area contributed by atoms with E-state index in [1.165, 1.54) is 6.33 Å². The number of rotatable bonds is 2. The summed E-state index contributed by atoms with van der Waals surface area (Å²) in [5.41, 5.74) is 1.15. The van der Waals surface area contributed by atoms with Gasteiger partial charge in [-0.25, -0.2) is 14.8 Å². The van der Waals surface area contributed by atoms with Crippen molar-refractivity contribution < 1.29 is 14.3 Å². The summed E-state index contributed by atoms with van der Waals surface area (Å²) in [6.45, 7) is 4.00. The van der Waals surface area contributed by atoms with E-state index in [1.807, 2.05) is 24.3 Å². The maximum absolute atomic E-state index is 12.7. The van der Waals surface area contributed by atoms with Crippen LogP contribution in [0, 0.1) is 0 Å². The minimum Gasteiger partial charge on any atom is -0.450 e. The number of ether oxygens (including phenoxy) is 1. The van der Waals surface area contributed by atoms with Gasteiger partial charge in [0.1, 0.15) is 12.0 Å². The predicted molar refractivity (Wildman–Crippen MR) is 84.0 cm³/mol. The molecule has 3 rings (SSSR count). The van der Waals surface area contributed by atoms with Crippen LogP contribution in [0.5, 0.6) is 0 Å². The molecular formula is C16H18N4O3. The first kappa shape index (κ1) is 15.2. The molecule has 7 heteroatoms. The Morgan fingerprint density at radius 1 is 1.09 bits per heavy atom. The maximum atomic E-state index is 12.7. The smallest absolute Gasteiger partial charge is 0.409 e. The monoisotopic (exact) mass is 314 g/mol. The van der Waals surface area contributed by atoms with E-state index in [4.69, 9.17) is 4.74 Å². The minimum atomic E-state index is -0.327. The molecule has 0 atom stereocenters. The number of amides is 2. The van der Waals surface area contributed by atoms with Crippen LogP contribution in [-0.2, 0) is 4.74 Å². The van der Waals surface area contributed by atoms with Crippen molar-refractivity contribution in [2.24, 2.45) is 0 Å². The van der Waals surface area contributed by atoms with E-state index in [-0.39, 0.29) is 12.0 Å². The average molecular weight is 314 g/mol. The molecule has 0 saturated carbocycles. The molecule has 1 aliphatic rings. The predicted octanol–water partition coefficient (Wildman–Crippen LogP) is 1.54. The van der Waals surface area contributed by atoms with Crippen LogP contribution in [0.3, 0.4) is 0 Å². The molecule has 0 radical (unpaired) electrons. The fourth-order valence-corrected chi connectivity index (χ4v) is 2.63. The fraction of sp³-hybridized carbons (Fsp3) is 0.375. The number of carbonyl (C=O) groups is 2. The molecule has 0 bridgehead atoms. The van der Waals surface area contributed by atoms with Gasteiger partial charge >= 0.3 is 6.09 Å². The number of nitrogens with zero attached hydrogens (tertiary/aromatic N) is 4. The molecule has 2 amide bonds. The van der Waals surface area contributed by atoms with Crippen LogP contribution in [0.1, 0.15) is 17.4 Å². The van der Waals surface area contributed by atoms with E-state index in [0.717, 1.165) is 10.9 Å². The second-order valence-corrected chi connectivity index (χ2v) is 5.22. The zero-order chi connectivity index (χ0) is 16.2. The summed E-state index contributed by atoms with van der Waals surface area (Å²) in [5.74, 6) is -0.132. The first-order valence-corrected chi connectivity index (χ1v) is 7.61. The number of aromatic nitrogens is 2. The van der Waals surface area contributed by atoms with Gasteiger partial charge in [-0.2, -0.15) is 0 Å². The van der Waals surface area contributed by atoms with E-state index < -0.39 is 0 Å². The summed E-state index contributed by atoms with van der Waals surface area (Å²) in [6.07, 6.45) is 1.08. The third-order valence-electron chi connectivity index (χ3n) is 3.84. The Morgan fingerprint density at radius 2 is 1.78 bits per heavy atom. The van der Waals surface area contributed by atoms with E-state index in [0.29, 0.717) is 38.5 Å². The van der Waals surface area contributed by atoms with Crippen LogP contribution in [0.2, 0.25) is 0 Å². The zero-order valence-electron chi connectivity index (χ0n) is 12.9. The van der Waals surface area contributed by atoms with E-state index in [2.05, 4.69) is 9.97 Å². The first-order chi connectivity index (χ1) is 11.2. The molecule has 1 aromatic carbocycles. The van der Waals surface area contributed by atoms with Gasteiger partial charge in [-0.3, -0.25) is 4.79 Å². The third-order valence-corrected chi connectivity index (χ3v) is 3.84. The molecule has 0 aliphatic carbocycles. The Bertz CT molecular complexity index is 721. The lowest BCUT2D eigenvalue weighted by Gasteiger charge is -2.33. The number of fused-ring (bicyclic) bond motifs is 1. The van der Waals surface area contributed by atoms with Crippen LogP contribution in [0.25, 0.3) is 10.9 Å². The number of hydrogen-bond acceptors (Lipinski definition) is 5. The highest BCUT2D eigenvalue weighted by Crippen LogP contribution is 2.17. The summed E-state index contributed by atoms with van der Waals surface area (Å²) in [4.78, 5) is 36.1. The lowest BCUT2D eigenvalue weighted by molar-refractivity contribution is 0.0567. The molecule has 0 unspecified atom stereocenters. The van der Waals surface area contributed by atoms with Crippen molar-refractivity contribution in [3.05, 3.63) is 36.3 Å². The Kier molecular flexibility index (Phi) is 4.36. The second kappa shape index (κ2) is 6.60. The Hall–Kier alpha value is -2.70. The molecule has 1 aromatic heterocycles. The molecule has 0 spiro atoms. The van der Waals surface area contributed by atoms with Crippen molar-refractivity contribution in [2.45, 2.75) is 6.92 Å². The molecule has 7 nitrogen and oxygen atoms in total. The molecule has 2 aromatic rings. The Morgan fingerprint density at radius 3 is 2.52 bits per heavy atom. The van der Waals surface area contributed by atoms with Crippen molar-refractivity contribution in [1.82, 2.24) is 19.8 Å². The van der Waals surface area contributed by atoms with Gasteiger partial charge < -0.3 is 14.5 Å². The van der Waals surface area contributed by atoms with Gasteiger partial charge in [0, 0.05) is 31.6 Å². The highest BCUT2D eigenvalue weighted by atomic mass is 16.6. The second-order valence-electron chi connectivity index (χ2n) is 5.22. The number of para-hydroxylation sites is 1. The van der Waals surface area contributed by atoms with Gasteiger partial charge in [0.25, 0.3) is 5.91 Å². The van der Waals surface area contributed by atoms with Crippen LogP contribution < -0.4 is 0 Å². The molecular weight excluding hydrogens is 296 g/mol. The van der Waals surface area contributed by atoms with E-state index in [9.17, 15) is 9.59 Å². The van der Waals surface area contributed by atoms with Gasteiger partial charge in [0.15, 0.2) is 0 Å². The van der Waals surface area contributed by atoms with Crippen LogP contribution in [-0.4, -0.2) is 64.6 Å². The van der Waals surface area contributed by atoms with Crippen LogP contribution >= 0.6 is 0 Å². The number of hydrogen-bond donors (Lipinski definition) is 0. The van der Waals surface area contributed by atoms with E-state index >= 15 is 0 Å². The zero-order valence-corrected chi connectivity index (χ0v) is 12.9. The molecule has 1 saturated heterocycles. The summed E-state index contributed by atoms with van der Waals surface area (Å²) in [6, 6.07) is 7.44. The number of carbonyl (C=O) groups excluding carboxylic acids is 2. The summed E-state index contributed by atoms with van der Waals surface area (Å²) in [7, 11) is 0. The lowest BCUT2D eigenvalue weighted by atomic mass is 10.1. The molecule has 120 valence electrons. The van der Waals surface area contributed by atoms with Crippen molar-refractivity contribution in [2.75, 3.05) is 32.8 Å². The number of piperazine rings is 1. The Balaban J connectivity index is 1.73. The highest BCUT2D eigenvalue weighted by Gasteiger charge is 2.27. The topological polar surface area (TPSA) is 75.6 Å². The Labute approximate surface area is 133 Å². The average Bonchev–Trinajstić information content (AvgIpc) is 2.61. The van der Waals surface area contributed by atoms with Crippen molar-refractivity contribution >= 4 is 22.9 Å². The SMILES string of the molecule is CCOC(=O)N1CCN(C(=O)c2ncnc3ccccc23)CC1. The third kappa shape index (κ3) is 3.08. The summed E-state index contributed by atoms with van der Waals surface area (Å²) >= 11 is 0. The highest BCUT2D eigenvalue weighted by molar-refractivity contribution is 6.04. The summed E-state index contributed by atoms with van der Waals surface area (Å²) in [5, 5.41) is 0.743. The van der Waals surface area contributed by atoms with Crippen LogP contribution in [0.15, 0.2) is 30.6 Å². The minimum absolute atomic E-state index is 0.132. The fourth-order valence-electron chi connectivity index (χ4n) is 2.63. The van der Waals surface area contributed by atoms with Crippen molar-refractivity contribution in [3.63, 3.8) is 0 Å². The molecule has 2 heterocycles. The molecule has 1 fully saturated rings. The maximum Gasteiger partial charge on any atom is 0.409 e. The van der Waals surface area contributed by atoms with Crippen LogP contribution in [0.4, 0.5) is 4.79 Å². The largest absolute Gasteiger partial charge is 0.450 e. The first-order valence-electron chi connectivity index (χ1n) is 7.61. The molecule has 23 heavy (non-hydrogen) atoms.